The first-order chi connectivity index (χ1) is 17.8. The van der Waals surface area contributed by atoms with Gasteiger partial charge in [-0.25, -0.2) is 14.8 Å². The number of rotatable bonds is 9. The molecule has 0 aliphatic heterocycles. The molecule has 2 N–H and O–H groups in total. The molecular weight excluding hydrogens is 508 g/mol. The molecule has 6 nitrogen and oxygen atoms in total. The quantitative estimate of drug-likeness (QED) is 0.152. The third-order valence-corrected chi connectivity index (χ3v) is 5.79. The zero-order valence-electron chi connectivity index (χ0n) is 19.1. The number of thiazole rings is 1. The Morgan fingerprint density at radius 1 is 1.05 bits per heavy atom. The highest BCUT2D eigenvalue weighted by molar-refractivity contribution is 7.13. The Morgan fingerprint density at radius 2 is 1.84 bits per heavy atom. The van der Waals surface area contributed by atoms with Gasteiger partial charge in [0.15, 0.2) is 5.13 Å². The SMILES string of the molecule is O=C(Cc1csc(Nc2cccc(C(F)(F)F)c2)n1)N/N=C\c1ccccc1OCc1ccccc1F. The van der Waals surface area contributed by atoms with Crippen LogP contribution >= 0.6 is 11.3 Å². The standard InChI is InChI=1S/C26H20F4N4O2S/c27-22-10-3-1-7-18(22)15-36-23-11-4-2-6-17(23)14-31-34-24(35)13-21-16-37-25(33-21)32-20-9-5-8-19(12-20)26(28,29)30/h1-12,14,16H,13,15H2,(H,32,33)(H,34,35)/b31-14-. The van der Waals surface area contributed by atoms with Crippen LogP contribution in [0, 0.1) is 5.82 Å². The lowest BCUT2D eigenvalue weighted by Crippen LogP contribution is -2.20. The van der Waals surface area contributed by atoms with Crippen LogP contribution in [0.3, 0.4) is 0 Å². The fourth-order valence-electron chi connectivity index (χ4n) is 3.21. The number of amides is 1. The summed E-state index contributed by atoms with van der Waals surface area (Å²) in [5, 5.41) is 8.75. The summed E-state index contributed by atoms with van der Waals surface area (Å²) >= 11 is 1.16. The molecule has 1 heterocycles. The molecule has 0 saturated heterocycles. The van der Waals surface area contributed by atoms with Crippen molar-refractivity contribution in [2.45, 2.75) is 19.2 Å². The second-order valence-corrected chi connectivity index (χ2v) is 8.59. The summed E-state index contributed by atoms with van der Waals surface area (Å²) in [6.45, 7) is 0.0323. The fraction of sp³-hybridized carbons (Fsp3) is 0.115. The van der Waals surface area contributed by atoms with E-state index in [1.807, 2.05) is 0 Å². The van der Waals surface area contributed by atoms with E-state index in [1.165, 1.54) is 24.4 Å². The second kappa shape index (κ2) is 11.7. The van der Waals surface area contributed by atoms with E-state index in [2.05, 4.69) is 20.8 Å². The number of halogens is 4. The van der Waals surface area contributed by atoms with Gasteiger partial charge in [-0.05, 0) is 36.4 Å². The maximum absolute atomic E-state index is 13.8. The smallest absolute Gasteiger partial charge is 0.416 e. The predicted molar refractivity (Wildman–Crippen MR) is 133 cm³/mol. The number of hydrazone groups is 1. The van der Waals surface area contributed by atoms with Crippen molar-refractivity contribution in [2.24, 2.45) is 5.10 Å². The summed E-state index contributed by atoms with van der Waals surface area (Å²) in [7, 11) is 0. The van der Waals surface area contributed by atoms with E-state index in [4.69, 9.17) is 4.74 Å². The third-order valence-electron chi connectivity index (χ3n) is 4.99. The maximum atomic E-state index is 13.8. The molecule has 0 unspecified atom stereocenters. The number of para-hydroxylation sites is 1. The molecule has 0 atom stereocenters. The average Bonchev–Trinajstić information content (AvgIpc) is 3.30. The molecule has 0 spiro atoms. The monoisotopic (exact) mass is 528 g/mol. The highest BCUT2D eigenvalue weighted by atomic mass is 32.1. The van der Waals surface area contributed by atoms with Gasteiger partial charge in [0.2, 0.25) is 5.91 Å². The maximum Gasteiger partial charge on any atom is 0.416 e. The van der Waals surface area contributed by atoms with Gasteiger partial charge in [-0.2, -0.15) is 18.3 Å². The number of hydrogen-bond acceptors (Lipinski definition) is 6. The Kier molecular flexibility index (Phi) is 8.14. The molecule has 4 aromatic rings. The van der Waals surface area contributed by atoms with E-state index < -0.39 is 17.6 Å². The van der Waals surface area contributed by atoms with Gasteiger partial charge in [-0.3, -0.25) is 4.79 Å². The summed E-state index contributed by atoms with van der Waals surface area (Å²) in [6.07, 6.45) is -3.11. The van der Waals surface area contributed by atoms with Crippen LogP contribution in [-0.4, -0.2) is 17.1 Å². The number of hydrogen-bond donors (Lipinski definition) is 2. The van der Waals surface area contributed by atoms with Crippen molar-refractivity contribution in [3.05, 3.63) is 106 Å². The van der Waals surface area contributed by atoms with E-state index >= 15 is 0 Å². The summed E-state index contributed by atoms with van der Waals surface area (Å²) in [6, 6.07) is 18.0. The predicted octanol–water partition coefficient (Wildman–Crippen LogP) is 6.32. The van der Waals surface area contributed by atoms with Crippen molar-refractivity contribution in [1.29, 1.82) is 0 Å². The van der Waals surface area contributed by atoms with Crippen molar-refractivity contribution in [1.82, 2.24) is 10.4 Å². The largest absolute Gasteiger partial charge is 0.488 e. The van der Waals surface area contributed by atoms with Gasteiger partial charge in [-0.15, -0.1) is 11.3 Å². The Labute approximate surface area is 213 Å². The molecule has 0 aliphatic carbocycles. The highest BCUT2D eigenvalue weighted by Crippen LogP contribution is 2.31. The molecule has 0 radical (unpaired) electrons. The molecule has 3 aromatic carbocycles. The highest BCUT2D eigenvalue weighted by Gasteiger charge is 2.30. The van der Waals surface area contributed by atoms with Crippen LogP contribution in [0.1, 0.15) is 22.4 Å². The molecule has 11 heteroatoms. The van der Waals surface area contributed by atoms with Crippen LogP contribution in [0.4, 0.5) is 28.4 Å². The molecular formula is C26H20F4N4O2S. The number of carbonyl (C=O) groups excluding carboxylic acids is 1. The summed E-state index contributed by atoms with van der Waals surface area (Å²) in [5.41, 5.74) is 3.30. The minimum absolute atomic E-state index is 0.0323. The molecule has 0 bridgehead atoms. The van der Waals surface area contributed by atoms with Crippen molar-refractivity contribution in [3.63, 3.8) is 0 Å². The zero-order chi connectivity index (χ0) is 26.3. The minimum atomic E-state index is -4.45. The van der Waals surface area contributed by atoms with Crippen molar-refractivity contribution >= 4 is 34.3 Å². The second-order valence-electron chi connectivity index (χ2n) is 7.74. The van der Waals surface area contributed by atoms with Gasteiger partial charge in [0, 0.05) is 22.2 Å². The Morgan fingerprint density at radius 3 is 2.65 bits per heavy atom. The number of anilines is 2. The van der Waals surface area contributed by atoms with Crippen molar-refractivity contribution < 1.29 is 27.1 Å². The molecule has 37 heavy (non-hydrogen) atoms. The summed E-state index contributed by atoms with van der Waals surface area (Å²) in [5.74, 6) is -0.332. The minimum Gasteiger partial charge on any atom is -0.488 e. The molecule has 0 aliphatic rings. The molecule has 0 saturated carbocycles. The van der Waals surface area contributed by atoms with Gasteiger partial charge >= 0.3 is 6.18 Å². The van der Waals surface area contributed by atoms with E-state index in [0.717, 1.165) is 23.5 Å². The van der Waals surface area contributed by atoms with E-state index in [-0.39, 0.29) is 24.5 Å². The van der Waals surface area contributed by atoms with Gasteiger partial charge in [0.1, 0.15) is 18.2 Å². The molecule has 190 valence electrons. The van der Waals surface area contributed by atoms with Gasteiger partial charge in [0.05, 0.1) is 23.9 Å². The number of ether oxygens (including phenoxy) is 1. The average molecular weight is 529 g/mol. The first-order valence-corrected chi connectivity index (χ1v) is 11.8. The number of nitrogens with zero attached hydrogens (tertiary/aromatic N) is 2. The van der Waals surface area contributed by atoms with E-state index in [9.17, 15) is 22.4 Å². The van der Waals surface area contributed by atoms with Crippen molar-refractivity contribution in [3.8, 4) is 5.75 Å². The van der Waals surface area contributed by atoms with Crippen LogP contribution in [0.15, 0.2) is 83.3 Å². The summed E-state index contributed by atoms with van der Waals surface area (Å²) < 4.78 is 58.2. The topological polar surface area (TPSA) is 75.6 Å². The molecule has 1 aromatic heterocycles. The van der Waals surface area contributed by atoms with Gasteiger partial charge in [-0.1, -0.05) is 36.4 Å². The molecule has 1 amide bonds. The van der Waals surface area contributed by atoms with Crippen LogP contribution in [0.5, 0.6) is 5.75 Å². The lowest BCUT2D eigenvalue weighted by molar-refractivity contribution is -0.137. The van der Waals surface area contributed by atoms with Crippen molar-refractivity contribution in [2.75, 3.05) is 5.32 Å². The van der Waals surface area contributed by atoms with Gasteiger partial charge < -0.3 is 10.1 Å². The lowest BCUT2D eigenvalue weighted by atomic mass is 10.2. The number of alkyl halides is 3. The van der Waals surface area contributed by atoms with E-state index in [1.54, 1.807) is 47.8 Å². The zero-order valence-corrected chi connectivity index (χ0v) is 19.9. The van der Waals surface area contributed by atoms with Crippen LogP contribution in [0.2, 0.25) is 0 Å². The number of benzene rings is 3. The number of nitrogens with one attached hydrogen (secondary N) is 2. The summed E-state index contributed by atoms with van der Waals surface area (Å²) in [4.78, 5) is 16.5. The molecule has 0 fully saturated rings. The lowest BCUT2D eigenvalue weighted by Gasteiger charge is -2.09. The first-order valence-electron chi connectivity index (χ1n) is 10.9. The van der Waals surface area contributed by atoms with Crippen LogP contribution < -0.4 is 15.5 Å². The van der Waals surface area contributed by atoms with Gasteiger partial charge in [0.25, 0.3) is 0 Å². The number of carbonyl (C=O) groups is 1. The Bertz CT molecular complexity index is 1410. The Hall–Kier alpha value is -4.25. The van der Waals surface area contributed by atoms with Crippen LogP contribution in [-0.2, 0) is 24.0 Å². The van der Waals surface area contributed by atoms with E-state index in [0.29, 0.717) is 27.7 Å². The fourth-order valence-corrected chi connectivity index (χ4v) is 3.94. The molecule has 4 rings (SSSR count). The first kappa shape index (κ1) is 25.8. The number of aromatic nitrogens is 1. The normalized spacial score (nSPS) is 11.5. The Balaban J connectivity index is 1.31. The van der Waals surface area contributed by atoms with Crippen LogP contribution in [0.25, 0.3) is 0 Å². The third kappa shape index (κ3) is 7.37.